The maximum atomic E-state index is 10.0. The van der Waals surface area contributed by atoms with E-state index in [1.54, 1.807) is 20.8 Å². The number of carboxylic acids is 1. The van der Waals surface area contributed by atoms with E-state index >= 15 is 0 Å². The zero-order chi connectivity index (χ0) is 6.08. The molecule has 0 heterocycles. The molecular weight excluding hydrogens is 284 g/mol. The molecule has 0 atom stereocenters. The Labute approximate surface area is 62.6 Å². The summed E-state index contributed by atoms with van der Waals surface area (Å²) >= 11 is 0. The molecule has 0 bridgehead atoms. The van der Waals surface area contributed by atoms with E-state index in [1.807, 2.05) is 0 Å². The van der Waals surface area contributed by atoms with E-state index in [0.717, 1.165) is 0 Å². The largest absolute Gasteiger partial charge is 0.481 e. The van der Waals surface area contributed by atoms with E-state index in [4.69, 9.17) is 5.11 Å². The molecule has 0 aromatic rings. The number of carboxylic acid groups (broad SMARTS) is 1. The molecule has 8 heavy (non-hydrogen) atoms. The number of rotatable bonds is 0. The summed E-state index contributed by atoms with van der Waals surface area (Å²) in [5, 5.41) is 8.25. The number of hydrogen-bond donors (Lipinski definition) is 1. The van der Waals surface area contributed by atoms with Gasteiger partial charge in [-0.15, -0.1) is 0 Å². The zero-order valence-electron chi connectivity index (χ0n) is 5.19. The fourth-order valence-corrected chi connectivity index (χ4v) is 0. The first kappa shape index (κ1) is 11.0. The standard InChI is InChI=1S/C5H10O2.Ir/c1-5(2,3)4(6)7;/h1-3H3,(H,6,7);. The minimum absolute atomic E-state index is 0. The first-order valence-corrected chi connectivity index (χ1v) is 2.18. The van der Waals surface area contributed by atoms with Gasteiger partial charge in [0.05, 0.1) is 5.41 Å². The second-order valence-electron chi connectivity index (χ2n) is 2.56. The Morgan fingerprint density at radius 3 is 1.50 bits per heavy atom. The first-order valence-electron chi connectivity index (χ1n) is 2.18. The Morgan fingerprint density at radius 1 is 1.38 bits per heavy atom. The number of hydrogen-bond acceptors (Lipinski definition) is 1. The van der Waals surface area contributed by atoms with Gasteiger partial charge in [0.15, 0.2) is 0 Å². The van der Waals surface area contributed by atoms with Gasteiger partial charge in [-0.1, -0.05) is 0 Å². The maximum Gasteiger partial charge on any atom is 0.308 e. The van der Waals surface area contributed by atoms with Crippen molar-refractivity contribution in [3.05, 3.63) is 0 Å². The third kappa shape index (κ3) is 4.28. The van der Waals surface area contributed by atoms with Crippen LogP contribution in [0.2, 0.25) is 0 Å². The van der Waals surface area contributed by atoms with Gasteiger partial charge in [0.1, 0.15) is 0 Å². The topological polar surface area (TPSA) is 37.3 Å². The van der Waals surface area contributed by atoms with Crippen molar-refractivity contribution in [2.45, 2.75) is 20.8 Å². The van der Waals surface area contributed by atoms with E-state index < -0.39 is 11.4 Å². The van der Waals surface area contributed by atoms with Gasteiger partial charge in [-0.05, 0) is 20.8 Å². The molecule has 51 valence electrons. The summed E-state index contributed by atoms with van der Waals surface area (Å²) in [6.45, 7) is 4.99. The van der Waals surface area contributed by atoms with Gasteiger partial charge in [0.25, 0.3) is 0 Å². The summed E-state index contributed by atoms with van der Waals surface area (Å²) in [7, 11) is 0. The van der Waals surface area contributed by atoms with E-state index in [0.29, 0.717) is 0 Å². The molecule has 0 aliphatic carbocycles. The average molecular weight is 294 g/mol. The normalized spacial score (nSPS) is 9.88. The molecule has 0 spiro atoms. The number of carbonyl (C=O) groups is 1. The summed E-state index contributed by atoms with van der Waals surface area (Å²) in [4.78, 5) is 10.0. The van der Waals surface area contributed by atoms with E-state index in [9.17, 15) is 4.79 Å². The fourth-order valence-electron chi connectivity index (χ4n) is 0. The Morgan fingerprint density at radius 2 is 1.50 bits per heavy atom. The van der Waals surface area contributed by atoms with Crippen LogP contribution in [-0.2, 0) is 24.9 Å². The van der Waals surface area contributed by atoms with Crippen LogP contribution in [-0.4, -0.2) is 11.1 Å². The Bertz CT molecular complexity index is 82.9. The predicted molar refractivity (Wildman–Crippen MR) is 27.1 cm³/mol. The van der Waals surface area contributed by atoms with Crippen molar-refractivity contribution >= 4 is 5.97 Å². The van der Waals surface area contributed by atoms with E-state index in [1.165, 1.54) is 0 Å². The zero-order valence-corrected chi connectivity index (χ0v) is 7.58. The van der Waals surface area contributed by atoms with Crippen LogP contribution < -0.4 is 0 Å². The van der Waals surface area contributed by atoms with Crippen LogP contribution in [0.4, 0.5) is 0 Å². The maximum absolute atomic E-state index is 10.0. The van der Waals surface area contributed by atoms with Crippen molar-refractivity contribution in [1.29, 1.82) is 0 Å². The molecule has 0 aromatic heterocycles. The molecule has 3 heteroatoms. The van der Waals surface area contributed by atoms with Crippen molar-refractivity contribution in [2.75, 3.05) is 0 Å². The monoisotopic (exact) mass is 295 g/mol. The molecule has 0 aliphatic rings. The van der Waals surface area contributed by atoms with Crippen LogP contribution in [0.5, 0.6) is 0 Å². The van der Waals surface area contributed by atoms with E-state index in [-0.39, 0.29) is 20.1 Å². The smallest absolute Gasteiger partial charge is 0.308 e. The van der Waals surface area contributed by atoms with Crippen molar-refractivity contribution in [2.24, 2.45) is 5.41 Å². The molecule has 1 radical (unpaired) electrons. The fraction of sp³-hybridized carbons (Fsp3) is 0.800. The molecule has 0 saturated carbocycles. The van der Waals surface area contributed by atoms with Crippen LogP contribution in [0.15, 0.2) is 0 Å². The van der Waals surface area contributed by atoms with Gasteiger partial charge in [0, 0.05) is 20.1 Å². The van der Waals surface area contributed by atoms with Crippen LogP contribution in [0, 0.1) is 5.41 Å². The molecule has 0 rings (SSSR count). The van der Waals surface area contributed by atoms with Gasteiger partial charge in [-0.2, -0.15) is 0 Å². The third-order valence-corrected chi connectivity index (χ3v) is 0.642. The quantitative estimate of drug-likeness (QED) is 0.727. The number of aliphatic carboxylic acids is 1. The van der Waals surface area contributed by atoms with Crippen LogP contribution >= 0.6 is 0 Å². The molecule has 0 amide bonds. The first-order chi connectivity index (χ1) is 2.94. The Kier molecular flexibility index (Phi) is 4.40. The van der Waals surface area contributed by atoms with Crippen molar-refractivity contribution in [1.82, 2.24) is 0 Å². The second kappa shape index (κ2) is 3.21. The van der Waals surface area contributed by atoms with Crippen LogP contribution in [0.3, 0.4) is 0 Å². The van der Waals surface area contributed by atoms with Crippen LogP contribution in [0.1, 0.15) is 20.8 Å². The molecule has 0 saturated heterocycles. The molecule has 0 unspecified atom stereocenters. The predicted octanol–water partition coefficient (Wildman–Crippen LogP) is 1.11. The van der Waals surface area contributed by atoms with Crippen molar-refractivity contribution in [3.8, 4) is 0 Å². The van der Waals surface area contributed by atoms with Gasteiger partial charge < -0.3 is 5.11 Å². The van der Waals surface area contributed by atoms with Crippen molar-refractivity contribution < 1.29 is 30.0 Å². The Hall–Kier alpha value is 0.119. The summed E-state index contributed by atoms with van der Waals surface area (Å²) < 4.78 is 0. The van der Waals surface area contributed by atoms with Gasteiger partial charge in [0.2, 0.25) is 0 Å². The summed E-state index contributed by atoms with van der Waals surface area (Å²) in [6.07, 6.45) is 0. The summed E-state index contributed by atoms with van der Waals surface area (Å²) in [5.41, 5.74) is -0.583. The van der Waals surface area contributed by atoms with Gasteiger partial charge >= 0.3 is 5.97 Å². The Balaban J connectivity index is 0. The third-order valence-electron chi connectivity index (χ3n) is 0.642. The molecule has 0 fully saturated rings. The molecule has 0 aromatic carbocycles. The summed E-state index contributed by atoms with van der Waals surface area (Å²) in [5.74, 6) is -0.757. The average Bonchev–Trinajstić information content (AvgIpc) is 1.31. The molecular formula is C5H10IrO2. The molecule has 0 aliphatic heterocycles. The van der Waals surface area contributed by atoms with E-state index in [2.05, 4.69) is 0 Å². The van der Waals surface area contributed by atoms with Gasteiger partial charge in [-0.25, -0.2) is 0 Å². The van der Waals surface area contributed by atoms with Crippen molar-refractivity contribution in [3.63, 3.8) is 0 Å². The summed E-state index contributed by atoms with van der Waals surface area (Å²) in [6, 6.07) is 0. The molecule has 2 nitrogen and oxygen atoms in total. The van der Waals surface area contributed by atoms with Crippen LogP contribution in [0.25, 0.3) is 0 Å². The second-order valence-corrected chi connectivity index (χ2v) is 2.56. The SMILES string of the molecule is CC(C)(C)C(=O)O.[Ir]. The molecule has 1 N–H and O–H groups in total. The van der Waals surface area contributed by atoms with Gasteiger partial charge in [-0.3, -0.25) is 4.79 Å². The minimum atomic E-state index is -0.757. The minimum Gasteiger partial charge on any atom is -0.481 e.